The third-order valence-corrected chi connectivity index (χ3v) is 5.32. The highest BCUT2D eigenvalue weighted by Gasteiger charge is 2.37. The molecule has 1 aromatic carbocycles. The topological polar surface area (TPSA) is 74.7 Å². The number of nitrogens with zero attached hydrogens (tertiary/aromatic N) is 3. The van der Waals surface area contributed by atoms with E-state index in [0.717, 1.165) is 11.3 Å². The number of thiazole rings is 1. The van der Waals surface area contributed by atoms with Gasteiger partial charge in [-0.3, -0.25) is 14.5 Å². The predicted octanol–water partition coefficient (Wildman–Crippen LogP) is 3.04. The van der Waals surface area contributed by atoms with Gasteiger partial charge in [0, 0.05) is 30.7 Å². The molecule has 3 rings (SSSR count). The van der Waals surface area contributed by atoms with Gasteiger partial charge in [-0.1, -0.05) is 23.9 Å². The van der Waals surface area contributed by atoms with Crippen molar-refractivity contribution in [2.24, 2.45) is 4.99 Å². The van der Waals surface area contributed by atoms with Crippen LogP contribution in [0.2, 0.25) is 0 Å². The van der Waals surface area contributed by atoms with E-state index < -0.39 is 5.25 Å². The highest BCUT2D eigenvalue weighted by molar-refractivity contribution is 8.15. The van der Waals surface area contributed by atoms with Crippen molar-refractivity contribution in [1.29, 1.82) is 0 Å². The lowest BCUT2D eigenvalue weighted by Crippen LogP contribution is -2.30. The first kappa shape index (κ1) is 16.7. The van der Waals surface area contributed by atoms with Crippen LogP contribution >= 0.6 is 23.1 Å². The SMILES string of the molecule is Cc1cccc(NC(=O)CC2SC(=Nc3nccs3)N(C)C2=O)c1. The second-order valence-corrected chi connectivity index (χ2v) is 7.38. The fourth-order valence-electron chi connectivity index (χ4n) is 2.25. The van der Waals surface area contributed by atoms with Crippen molar-refractivity contribution in [2.75, 3.05) is 12.4 Å². The second-order valence-electron chi connectivity index (χ2n) is 5.33. The minimum Gasteiger partial charge on any atom is -0.326 e. The fourth-order valence-corrected chi connectivity index (χ4v) is 3.95. The van der Waals surface area contributed by atoms with Gasteiger partial charge >= 0.3 is 0 Å². The maximum atomic E-state index is 12.3. The second kappa shape index (κ2) is 7.14. The van der Waals surface area contributed by atoms with E-state index in [2.05, 4.69) is 15.3 Å². The van der Waals surface area contributed by atoms with Crippen LogP contribution in [-0.4, -0.2) is 39.2 Å². The summed E-state index contributed by atoms with van der Waals surface area (Å²) in [5.74, 6) is -0.301. The summed E-state index contributed by atoms with van der Waals surface area (Å²) < 4.78 is 0. The minimum absolute atomic E-state index is 0.110. The number of anilines is 1. The molecule has 2 amide bonds. The molecule has 0 bridgehead atoms. The summed E-state index contributed by atoms with van der Waals surface area (Å²) in [6.45, 7) is 1.96. The van der Waals surface area contributed by atoms with Crippen LogP contribution in [0.15, 0.2) is 40.8 Å². The van der Waals surface area contributed by atoms with Crippen LogP contribution in [0, 0.1) is 6.92 Å². The van der Waals surface area contributed by atoms with Crippen LogP contribution in [0.25, 0.3) is 0 Å². The van der Waals surface area contributed by atoms with Gasteiger partial charge in [-0.2, -0.15) is 4.99 Å². The van der Waals surface area contributed by atoms with Gasteiger partial charge in [-0.05, 0) is 24.6 Å². The van der Waals surface area contributed by atoms with E-state index in [4.69, 9.17) is 0 Å². The van der Waals surface area contributed by atoms with Gasteiger partial charge < -0.3 is 5.32 Å². The molecular formula is C16H16N4O2S2. The van der Waals surface area contributed by atoms with Gasteiger partial charge in [-0.15, -0.1) is 11.3 Å². The van der Waals surface area contributed by atoms with Gasteiger partial charge in [0.25, 0.3) is 0 Å². The van der Waals surface area contributed by atoms with Gasteiger partial charge in [0.15, 0.2) is 5.17 Å². The summed E-state index contributed by atoms with van der Waals surface area (Å²) in [6.07, 6.45) is 1.77. The average molecular weight is 360 g/mol. The number of amidine groups is 1. The molecule has 1 fully saturated rings. The molecule has 1 unspecified atom stereocenters. The number of hydrogen-bond donors (Lipinski definition) is 1. The molecule has 0 spiro atoms. The molecule has 1 aromatic heterocycles. The molecule has 1 aliphatic heterocycles. The molecule has 1 saturated heterocycles. The van der Waals surface area contributed by atoms with E-state index in [9.17, 15) is 9.59 Å². The fraction of sp³-hybridized carbons (Fsp3) is 0.250. The highest BCUT2D eigenvalue weighted by Crippen LogP contribution is 2.31. The third kappa shape index (κ3) is 3.82. The Morgan fingerprint density at radius 3 is 3.00 bits per heavy atom. The number of aryl methyl sites for hydroxylation is 1. The smallest absolute Gasteiger partial charge is 0.242 e. The zero-order chi connectivity index (χ0) is 17.1. The normalized spacial score (nSPS) is 19.1. The van der Waals surface area contributed by atoms with Crippen molar-refractivity contribution in [1.82, 2.24) is 9.88 Å². The maximum absolute atomic E-state index is 12.3. The van der Waals surface area contributed by atoms with Crippen molar-refractivity contribution in [2.45, 2.75) is 18.6 Å². The van der Waals surface area contributed by atoms with Gasteiger partial charge in [0.1, 0.15) is 5.25 Å². The molecule has 0 saturated carbocycles. The summed E-state index contributed by atoms with van der Waals surface area (Å²) in [7, 11) is 1.67. The number of aliphatic imine (C=N–C) groups is 1. The van der Waals surface area contributed by atoms with E-state index in [1.165, 1.54) is 28.0 Å². The largest absolute Gasteiger partial charge is 0.326 e. The summed E-state index contributed by atoms with van der Waals surface area (Å²) in [4.78, 5) is 34.5. The van der Waals surface area contributed by atoms with Crippen LogP contribution in [0.4, 0.5) is 10.8 Å². The van der Waals surface area contributed by atoms with E-state index in [-0.39, 0.29) is 18.2 Å². The van der Waals surface area contributed by atoms with Crippen LogP contribution < -0.4 is 5.32 Å². The van der Waals surface area contributed by atoms with E-state index >= 15 is 0 Å². The monoisotopic (exact) mass is 360 g/mol. The first-order chi connectivity index (χ1) is 11.5. The van der Waals surface area contributed by atoms with E-state index in [1.54, 1.807) is 13.2 Å². The van der Waals surface area contributed by atoms with Crippen LogP contribution in [0.5, 0.6) is 0 Å². The molecule has 1 aliphatic rings. The van der Waals surface area contributed by atoms with E-state index in [1.807, 2.05) is 36.6 Å². The Kier molecular flexibility index (Phi) is 4.96. The van der Waals surface area contributed by atoms with Crippen molar-refractivity contribution in [3.8, 4) is 0 Å². The molecule has 2 aromatic rings. The number of amides is 2. The molecule has 1 N–H and O–H groups in total. The van der Waals surface area contributed by atoms with Crippen molar-refractivity contribution in [3.05, 3.63) is 41.4 Å². The number of carbonyl (C=O) groups is 2. The Balaban J connectivity index is 1.65. The summed E-state index contributed by atoms with van der Waals surface area (Å²) >= 11 is 2.70. The summed E-state index contributed by atoms with van der Waals surface area (Å²) in [5.41, 5.74) is 1.80. The quantitative estimate of drug-likeness (QED) is 0.909. The van der Waals surface area contributed by atoms with Crippen LogP contribution in [-0.2, 0) is 9.59 Å². The Labute approximate surface area is 148 Å². The number of benzene rings is 1. The van der Waals surface area contributed by atoms with E-state index in [0.29, 0.717) is 10.3 Å². The highest BCUT2D eigenvalue weighted by atomic mass is 32.2. The number of carbonyl (C=O) groups excluding carboxylic acids is 2. The van der Waals surface area contributed by atoms with Crippen molar-refractivity contribution < 1.29 is 9.59 Å². The molecule has 2 heterocycles. The lowest BCUT2D eigenvalue weighted by molar-refractivity contribution is -0.127. The molecule has 0 aliphatic carbocycles. The predicted molar refractivity (Wildman–Crippen MR) is 97.8 cm³/mol. The van der Waals surface area contributed by atoms with Gasteiger partial charge in [0.2, 0.25) is 16.9 Å². The first-order valence-electron chi connectivity index (χ1n) is 7.32. The van der Waals surface area contributed by atoms with Crippen LogP contribution in [0.1, 0.15) is 12.0 Å². The summed E-state index contributed by atoms with van der Waals surface area (Å²) in [5, 5.41) is 5.37. The molecule has 124 valence electrons. The lowest BCUT2D eigenvalue weighted by atomic mass is 10.2. The number of rotatable bonds is 4. The number of nitrogens with one attached hydrogen (secondary N) is 1. The molecular weight excluding hydrogens is 344 g/mol. The van der Waals surface area contributed by atoms with Crippen molar-refractivity contribution in [3.63, 3.8) is 0 Å². The number of aromatic nitrogens is 1. The average Bonchev–Trinajstić information content (AvgIpc) is 3.13. The Bertz CT molecular complexity index is 789. The van der Waals surface area contributed by atoms with Gasteiger partial charge in [-0.25, -0.2) is 4.98 Å². The zero-order valence-corrected chi connectivity index (χ0v) is 14.9. The Hall–Kier alpha value is -2.19. The van der Waals surface area contributed by atoms with Crippen molar-refractivity contribution >= 4 is 50.9 Å². The third-order valence-electron chi connectivity index (χ3n) is 3.42. The zero-order valence-electron chi connectivity index (χ0n) is 13.2. The van der Waals surface area contributed by atoms with Crippen LogP contribution in [0.3, 0.4) is 0 Å². The lowest BCUT2D eigenvalue weighted by Gasteiger charge is -2.09. The van der Waals surface area contributed by atoms with Gasteiger partial charge in [0.05, 0.1) is 0 Å². The Morgan fingerprint density at radius 2 is 2.29 bits per heavy atom. The molecule has 6 nitrogen and oxygen atoms in total. The Morgan fingerprint density at radius 1 is 1.46 bits per heavy atom. The molecule has 0 radical (unpaired) electrons. The maximum Gasteiger partial charge on any atom is 0.242 e. The molecule has 1 atom stereocenters. The number of hydrogen-bond acceptors (Lipinski definition) is 6. The molecule has 8 heteroatoms. The number of thioether (sulfide) groups is 1. The first-order valence-corrected chi connectivity index (χ1v) is 9.08. The standard InChI is InChI=1S/C16H16N4O2S2/c1-10-4-3-5-11(8-10)18-13(21)9-12-14(22)20(2)16(24-12)19-15-17-6-7-23-15/h3-8,12H,9H2,1-2H3,(H,18,21). The summed E-state index contributed by atoms with van der Waals surface area (Å²) in [6, 6.07) is 7.56. The minimum atomic E-state index is -0.460. The molecule has 24 heavy (non-hydrogen) atoms.